The van der Waals surface area contributed by atoms with E-state index in [1.54, 1.807) is 0 Å². The summed E-state index contributed by atoms with van der Waals surface area (Å²) in [6.45, 7) is 0. The number of rotatable bonds is 6. The van der Waals surface area contributed by atoms with Crippen molar-refractivity contribution in [2.75, 3.05) is 0 Å². The number of fused-ring (bicyclic) bond motifs is 9. The van der Waals surface area contributed by atoms with Crippen molar-refractivity contribution in [3.8, 4) is 61.8 Å². The highest BCUT2D eigenvalue weighted by molar-refractivity contribution is 6.13. The van der Waals surface area contributed by atoms with Crippen LogP contribution < -0.4 is 0 Å². The van der Waals surface area contributed by atoms with Crippen LogP contribution in [0.25, 0.3) is 128 Å². The van der Waals surface area contributed by atoms with Gasteiger partial charge < -0.3 is 13.4 Å². The van der Waals surface area contributed by atoms with E-state index in [-0.39, 0.29) is 0 Å². The Hall–Kier alpha value is -8.54. The first-order chi connectivity index (χ1) is 31.2. The number of para-hydroxylation sites is 3. The third-order valence-electron chi connectivity index (χ3n) is 12.4. The average molecular weight is 806 g/mol. The molecule has 0 amide bonds. The number of furan rings is 2. The predicted molar refractivity (Wildman–Crippen MR) is 258 cm³/mol. The van der Waals surface area contributed by atoms with Crippen LogP contribution in [-0.4, -0.2) is 14.5 Å². The van der Waals surface area contributed by atoms with Gasteiger partial charge in [-0.3, -0.25) is 0 Å². The third kappa shape index (κ3) is 5.78. The molecule has 9 aromatic carbocycles. The lowest BCUT2D eigenvalue weighted by atomic mass is 9.96. The Morgan fingerprint density at radius 1 is 0.317 bits per heavy atom. The highest BCUT2D eigenvalue weighted by atomic mass is 16.3. The molecule has 0 aliphatic rings. The van der Waals surface area contributed by atoms with E-state index in [1.165, 1.54) is 27.4 Å². The lowest BCUT2D eigenvalue weighted by Gasteiger charge is -2.10. The first-order valence-electron chi connectivity index (χ1n) is 21.2. The predicted octanol–water partition coefficient (Wildman–Crippen LogP) is 15.7. The summed E-state index contributed by atoms with van der Waals surface area (Å²) in [6.07, 6.45) is 0. The van der Waals surface area contributed by atoms with Crippen LogP contribution in [0.15, 0.2) is 221 Å². The molecule has 63 heavy (non-hydrogen) atoms. The van der Waals surface area contributed by atoms with Gasteiger partial charge in [-0.25, -0.2) is 9.97 Å². The minimum Gasteiger partial charge on any atom is -0.456 e. The molecule has 4 aromatic heterocycles. The molecule has 0 saturated carbocycles. The van der Waals surface area contributed by atoms with Crippen LogP contribution in [-0.2, 0) is 0 Å². The third-order valence-corrected chi connectivity index (χ3v) is 12.4. The Kier molecular flexibility index (Phi) is 7.84. The van der Waals surface area contributed by atoms with E-state index in [2.05, 4.69) is 168 Å². The van der Waals surface area contributed by atoms with E-state index in [1.807, 2.05) is 48.5 Å². The maximum atomic E-state index is 6.55. The first-order valence-corrected chi connectivity index (χ1v) is 21.2. The van der Waals surface area contributed by atoms with Crippen LogP contribution in [0, 0.1) is 0 Å². The standard InChI is InChI=1S/C58H35N3O2/c1-3-13-36(14-4-1)49-35-50(41-25-28-45-44-20-8-10-23-53(44)63-56(45)34-41)60-58(59-49)46-21-12-24-55-57(46)48-33-40(27-30-54(48)62-55)38-16-11-15-37(31-38)39-26-29-52-47(32-39)43-19-7-9-22-51(43)61(52)42-17-5-2-6-18-42/h1-35H. The van der Waals surface area contributed by atoms with Gasteiger partial charge >= 0.3 is 0 Å². The Labute approximate surface area is 361 Å². The smallest absolute Gasteiger partial charge is 0.161 e. The molecule has 4 heterocycles. The van der Waals surface area contributed by atoms with E-state index in [0.717, 1.165) is 94.3 Å². The minimum atomic E-state index is 0.626. The summed E-state index contributed by atoms with van der Waals surface area (Å²) in [5.74, 6) is 0.626. The average Bonchev–Trinajstić information content (AvgIpc) is 4.03. The van der Waals surface area contributed by atoms with E-state index in [9.17, 15) is 0 Å². The zero-order valence-electron chi connectivity index (χ0n) is 33.9. The van der Waals surface area contributed by atoms with Crippen LogP contribution in [0.2, 0.25) is 0 Å². The van der Waals surface area contributed by atoms with Crippen molar-refractivity contribution in [1.29, 1.82) is 0 Å². The minimum absolute atomic E-state index is 0.626. The van der Waals surface area contributed by atoms with E-state index in [0.29, 0.717) is 5.82 Å². The Morgan fingerprint density at radius 3 is 1.73 bits per heavy atom. The molecule has 0 fully saturated rings. The fourth-order valence-corrected chi connectivity index (χ4v) is 9.44. The van der Waals surface area contributed by atoms with Crippen LogP contribution >= 0.6 is 0 Å². The quantitative estimate of drug-likeness (QED) is 0.168. The van der Waals surface area contributed by atoms with Crippen molar-refractivity contribution in [2.24, 2.45) is 0 Å². The van der Waals surface area contributed by atoms with Gasteiger partial charge in [0.2, 0.25) is 0 Å². The lowest BCUT2D eigenvalue weighted by molar-refractivity contribution is 0.668. The molecule has 0 bridgehead atoms. The normalized spacial score (nSPS) is 11.8. The molecule has 13 aromatic rings. The second-order valence-corrected chi connectivity index (χ2v) is 16.1. The van der Waals surface area contributed by atoms with Crippen LogP contribution in [0.4, 0.5) is 0 Å². The maximum absolute atomic E-state index is 6.55. The first kappa shape index (κ1) is 35.2. The monoisotopic (exact) mass is 805 g/mol. The Bertz CT molecular complexity index is 3910. The summed E-state index contributed by atoms with van der Waals surface area (Å²) in [5.41, 5.74) is 15.9. The molecule has 0 aliphatic carbocycles. The molecule has 0 atom stereocenters. The van der Waals surface area contributed by atoms with Crippen molar-refractivity contribution in [3.05, 3.63) is 212 Å². The number of nitrogens with zero attached hydrogens (tertiary/aromatic N) is 3. The van der Waals surface area contributed by atoms with Crippen molar-refractivity contribution in [3.63, 3.8) is 0 Å². The SMILES string of the molecule is c1ccc(-c2cc(-c3ccc4c(c3)oc3ccccc34)nc(-c3cccc4oc5ccc(-c6cccc(-c7ccc8c(c7)c7ccccc7n8-c7ccccc7)c6)cc5c34)n2)cc1. The Morgan fingerprint density at radius 2 is 0.889 bits per heavy atom. The van der Waals surface area contributed by atoms with Gasteiger partial charge in [0.15, 0.2) is 5.82 Å². The number of hydrogen-bond acceptors (Lipinski definition) is 4. The highest BCUT2D eigenvalue weighted by Gasteiger charge is 2.19. The lowest BCUT2D eigenvalue weighted by Crippen LogP contribution is -1.96. The number of benzene rings is 9. The van der Waals surface area contributed by atoms with Gasteiger partial charge in [-0.15, -0.1) is 0 Å². The molecule has 0 saturated heterocycles. The van der Waals surface area contributed by atoms with E-state index < -0.39 is 0 Å². The summed E-state index contributed by atoms with van der Waals surface area (Å²) in [6, 6.07) is 74.4. The van der Waals surface area contributed by atoms with Crippen molar-refractivity contribution in [2.45, 2.75) is 0 Å². The van der Waals surface area contributed by atoms with Gasteiger partial charge in [-0.05, 0) is 101 Å². The van der Waals surface area contributed by atoms with Gasteiger partial charge in [-0.1, -0.05) is 133 Å². The van der Waals surface area contributed by atoms with Gasteiger partial charge in [0.25, 0.3) is 0 Å². The topological polar surface area (TPSA) is 57.0 Å². The summed E-state index contributed by atoms with van der Waals surface area (Å²) >= 11 is 0. The van der Waals surface area contributed by atoms with Gasteiger partial charge in [-0.2, -0.15) is 0 Å². The van der Waals surface area contributed by atoms with E-state index >= 15 is 0 Å². The molecular formula is C58H35N3O2. The summed E-state index contributed by atoms with van der Waals surface area (Å²) < 4.78 is 15.2. The molecule has 0 N–H and O–H groups in total. The Balaban J connectivity index is 0.933. The number of aromatic nitrogens is 3. The zero-order chi connectivity index (χ0) is 41.4. The number of hydrogen-bond donors (Lipinski definition) is 0. The van der Waals surface area contributed by atoms with E-state index in [4.69, 9.17) is 18.8 Å². The molecule has 0 spiro atoms. The van der Waals surface area contributed by atoms with Gasteiger partial charge in [0.05, 0.1) is 22.4 Å². The van der Waals surface area contributed by atoms with Crippen molar-refractivity contribution < 1.29 is 8.83 Å². The van der Waals surface area contributed by atoms with Crippen LogP contribution in [0.3, 0.4) is 0 Å². The van der Waals surface area contributed by atoms with Crippen molar-refractivity contribution in [1.82, 2.24) is 14.5 Å². The fraction of sp³-hybridized carbons (Fsp3) is 0. The second kappa shape index (κ2) is 14.0. The molecule has 5 nitrogen and oxygen atoms in total. The summed E-state index contributed by atoms with van der Waals surface area (Å²) in [4.78, 5) is 10.5. The fourth-order valence-electron chi connectivity index (χ4n) is 9.44. The summed E-state index contributed by atoms with van der Waals surface area (Å²) in [5, 5.41) is 6.64. The van der Waals surface area contributed by atoms with Crippen molar-refractivity contribution >= 4 is 65.7 Å². The largest absolute Gasteiger partial charge is 0.456 e. The molecule has 5 heteroatoms. The molecule has 0 unspecified atom stereocenters. The van der Waals surface area contributed by atoms with Crippen LogP contribution in [0.1, 0.15) is 0 Å². The molecule has 0 aliphatic heterocycles. The molecule has 0 radical (unpaired) electrons. The molecule has 294 valence electrons. The van der Waals surface area contributed by atoms with Gasteiger partial charge in [0.1, 0.15) is 22.3 Å². The highest BCUT2D eigenvalue weighted by Crippen LogP contribution is 2.41. The molecule has 13 rings (SSSR count). The zero-order valence-corrected chi connectivity index (χ0v) is 33.9. The summed E-state index contributed by atoms with van der Waals surface area (Å²) in [7, 11) is 0. The van der Waals surface area contributed by atoms with Gasteiger partial charge in [0, 0.05) is 54.7 Å². The maximum Gasteiger partial charge on any atom is 0.161 e. The van der Waals surface area contributed by atoms with Crippen LogP contribution in [0.5, 0.6) is 0 Å². The molecular weight excluding hydrogens is 771 g/mol. The second-order valence-electron chi connectivity index (χ2n) is 16.1.